The molecule has 0 atom stereocenters. The Morgan fingerprint density at radius 3 is 2.08 bits per heavy atom. The number of hydrogen-bond donors (Lipinski definition) is 0. The van der Waals surface area contributed by atoms with Crippen molar-refractivity contribution in [2.75, 3.05) is 0 Å². The third-order valence-corrected chi connectivity index (χ3v) is 4.60. The predicted molar refractivity (Wildman–Crippen MR) is 101 cm³/mol. The van der Waals surface area contributed by atoms with Crippen molar-refractivity contribution in [2.24, 2.45) is 0 Å². The highest BCUT2D eigenvalue weighted by atomic mass is 35.5. The summed E-state index contributed by atoms with van der Waals surface area (Å²) in [5, 5.41) is -0.739. The molecule has 146 valence electrons. The van der Waals surface area contributed by atoms with E-state index in [1.54, 1.807) is 0 Å². The van der Waals surface area contributed by atoms with Crippen molar-refractivity contribution in [2.45, 2.75) is 77.6 Å². The molecule has 0 saturated heterocycles. The van der Waals surface area contributed by atoms with Gasteiger partial charge >= 0.3 is 11.9 Å². The Morgan fingerprint density at radius 1 is 0.962 bits per heavy atom. The molecule has 4 nitrogen and oxygen atoms in total. The molecule has 1 heterocycles. The minimum absolute atomic E-state index is 0.142. The van der Waals surface area contributed by atoms with Gasteiger partial charge in [0.15, 0.2) is 11.0 Å². The molecule has 0 aliphatic rings. The number of hydrogen-bond acceptors (Lipinski definition) is 4. The van der Waals surface area contributed by atoms with Gasteiger partial charge in [-0.05, 0) is 12.5 Å². The maximum Gasteiger partial charge on any atom is 0.349 e. The van der Waals surface area contributed by atoms with Crippen LogP contribution in [0.5, 0.6) is 0 Å². The maximum absolute atomic E-state index is 13.3. The first-order chi connectivity index (χ1) is 12.5. The van der Waals surface area contributed by atoms with Crippen LogP contribution in [0.3, 0.4) is 0 Å². The van der Waals surface area contributed by atoms with Crippen molar-refractivity contribution in [3.05, 3.63) is 27.8 Å². The van der Waals surface area contributed by atoms with Gasteiger partial charge < -0.3 is 4.74 Å². The molecular formula is C19H26Cl2FNO3. The molecule has 0 unspecified atom stereocenters. The summed E-state index contributed by atoms with van der Waals surface area (Å²) in [6.45, 7) is 2.21. The zero-order valence-corrected chi connectivity index (χ0v) is 16.7. The fourth-order valence-corrected chi connectivity index (χ4v) is 2.95. The number of halogens is 3. The molecule has 26 heavy (non-hydrogen) atoms. The molecule has 0 spiro atoms. The van der Waals surface area contributed by atoms with Gasteiger partial charge in [0.05, 0.1) is 0 Å². The van der Waals surface area contributed by atoms with Gasteiger partial charge in [0.25, 0.3) is 0 Å². The van der Waals surface area contributed by atoms with Gasteiger partial charge in [0, 0.05) is 6.42 Å². The molecule has 0 fully saturated rings. The van der Waals surface area contributed by atoms with Gasteiger partial charge in [-0.3, -0.25) is 4.79 Å². The first-order valence-electron chi connectivity index (χ1n) is 9.22. The zero-order chi connectivity index (χ0) is 19.4. The molecule has 0 aliphatic heterocycles. The lowest BCUT2D eigenvalue weighted by Gasteiger charge is -2.05. The Kier molecular flexibility index (Phi) is 11.5. The smallest absolute Gasteiger partial charge is 0.349 e. The minimum atomic E-state index is -1.02. The molecule has 0 aromatic carbocycles. The summed E-state index contributed by atoms with van der Waals surface area (Å²) >= 11 is 11.2. The number of esters is 2. The van der Waals surface area contributed by atoms with Gasteiger partial charge in [-0.15, -0.1) is 0 Å². The fraction of sp³-hybridized carbons (Fsp3) is 0.632. The Balaban J connectivity index is 2.17. The number of carbonyl (C=O) groups is 2. The molecule has 0 amide bonds. The number of aromatic nitrogens is 1. The number of ether oxygens (including phenoxy) is 1. The monoisotopic (exact) mass is 405 g/mol. The average Bonchev–Trinajstić information content (AvgIpc) is 2.59. The van der Waals surface area contributed by atoms with E-state index in [1.807, 2.05) is 0 Å². The second kappa shape index (κ2) is 13.0. The Hall–Kier alpha value is -1.20. The average molecular weight is 406 g/mol. The number of carbonyl (C=O) groups excluding carboxylic acids is 2. The third-order valence-electron chi connectivity index (χ3n) is 4.05. The molecule has 0 radical (unpaired) electrons. The molecule has 0 saturated carbocycles. The Labute approximate surface area is 164 Å². The summed E-state index contributed by atoms with van der Waals surface area (Å²) in [7, 11) is 0. The summed E-state index contributed by atoms with van der Waals surface area (Å²) < 4.78 is 18.0. The van der Waals surface area contributed by atoms with E-state index >= 15 is 0 Å². The summed E-state index contributed by atoms with van der Waals surface area (Å²) in [6.07, 6.45) is 11.6. The lowest BCUT2D eigenvalue weighted by Crippen LogP contribution is -2.13. The van der Waals surface area contributed by atoms with E-state index in [-0.39, 0.29) is 17.1 Å². The molecule has 1 rings (SSSR count). The van der Waals surface area contributed by atoms with E-state index < -0.39 is 22.9 Å². The molecule has 7 heteroatoms. The molecule has 1 aromatic rings. The molecule has 0 aliphatic carbocycles. The van der Waals surface area contributed by atoms with Crippen molar-refractivity contribution in [3.63, 3.8) is 0 Å². The molecule has 1 aromatic heterocycles. The number of nitrogens with zero attached hydrogens (tertiary/aromatic N) is 1. The van der Waals surface area contributed by atoms with Crippen LogP contribution in [0.25, 0.3) is 0 Å². The van der Waals surface area contributed by atoms with Gasteiger partial charge in [0.2, 0.25) is 0 Å². The van der Waals surface area contributed by atoms with Crippen LogP contribution in [0.4, 0.5) is 4.39 Å². The van der Waals surface area contributed by atoms with Crippen LogP contribution in [0.15, 0.2) is 6.07 Å². The highest BCUT2D eigenvalue weighted by molar-refractivity contribution is 6.34. The first kappa shape index (κ1) is 22.8. The van der Waals surface area contributed by atoms with Crippen LogP contribution < -0.4 is 0 Å². The summed E-state index contributed by atoms with van der Waals surface area (Å²) in [4.78, 5) is 27.0. The van der Waals surface area contributed by atoms with E-state index in [4.69, 9.17) is 23.2 Å². The topological polar surface area (TPSA) is 56.3 Å². The second-order valence-corrected chi connectivity index (χ2v) is 7.01. The highest BCUT2D eigenvalue weighted by Crippen LogP contribution is 2.21. The molecular weight excluding hydrogens is 380 g/mol. The van der Waals surface area contributed by atoms with Gasteiger partial charge in [-0.1, -0.05) is 87.9 Å². The van der Waals surface area contributed by atoms with Crippen LogP contribution in [0.1, 0.15) is 87.9 Å². The number of unbranched alkanes of at least 4 members (excludes halogenated alkanes) is 9. The summed E-state index contributed by atoms with van der Waals surface area (Å²) in [6, 6.07) is 0.813. The van der Waals surface area contributed by atoms with Crippen LogP contribution >= 0.6 is 23.2 Å². The van der Waals surface area contributed by atoms with E-state index in [1.165, 1.54) is 38.5 Å². The lowest BCUT2D eigenvalue weighted by atomic mass is 10.1. The highest BCUT2D eigenvalue weighted by Gasteiger charge is 2.19. The fourth-order valence-electron chi connectivity index (χ4n) is 2.55. The maximum atomic E-state index is 13.3. The molecule has 0 bridgehead atoms. The van der Waals surface area contributed by atoms with Crippen LogP contribution in [0.2, 0.25) is 10.3 Å². The SMILES string of the molecule is CCCCCCCCCCCCC(=O)OC(=O)c1cc(F)c(Cl)nc1Cl. The second-order valence-electron chi connectivity index (χ2n) is 6.29. The van der Waals surface area contributed by atoms with Crippen molar-refractivity contribution in [3.8, 4) is 0 Å². The Bertz CT molecular complexity index is 596. The van der Waals surface area contributed by atoms with Gasteiger partial charge in [-0.25, -0.2) is 14.2 Å². The van der Waals surface area contributed by atoms with E-state index in [2.05, 4.69) is 16.6 Å². The molecule has 0 N–H and O–H groups in total. The largest absolute Gasteiger partial charge is 0.389 e. The van der Waals surface area contributed by atoms with E-state index in [0.717, 1.165) is 25.3 Å². The normalized spacial score (nSPS) is 10.8. The standard InChI is InChI=1S/C19H26Cl2FNO3/c1-2-3-4-5-6-7-8-9-10-11-12-16(24)26-19(25)14-13-15(22)18(21)23-17(14)20/h13H,2-12H2,1H3. The number of rotatable bonds is 12. The minimum Gasteiger partial charge on any atom is -0.389 e. The van der Waals surface area contributed by atoms with Gasteiger partial charge in [-0.2, -0.15) is 0 Å². The number of pyridine rings is 1. The first-order valence-corrected chi connectivity index (χ1v) is 9.97. The predicted octanol–water partition coefficient (Wildman–Crippen LogP) is 6.52. The summed E-state index contributed by atoms with van der Waals surface area (Å²) in [5.41, 5.74) is -0.315. The van der Waals surface area contributed by atoms with Crippen molar-refractivity contribution in [1.29, 1.82) is 0 Å². The van der Waals surface area contributed by atoms with E-state index in [0.29, 0.717) is 6.42 Å². The lowest BCUT2D eigenvalue weighted by molar-refractivity contribution is -0.138. The van der Waals surface area contributed by atoms with Gasteiger partial charge in [0.1, 0.15) is 10.7 Å². The van der Waals surface area contributed by atoms with Crippen LogP contribution in [-0.4, -0.2) is 16.9 Å². The quantitative estimate of drug-likeness (QED) is 0.172. The third kappa shape index (κ3) is 8.95. The van der Waals surface area contributed by atoms with E-state index in [9.17, 15) is 14.0 Å². The van der Waals surface area contributed by atoms with Crippen LogP contribution in [-0.2, 0) is 9.53 Å². The van der Waals surface area contributed by atoms with Crippen molar-refractivity contribution in [1.82, 2.24) is 4.98 Å². The van der Waals surface area contributed by atoms with Crippen molar-refractivity contribution >= 4 is 35.1 Å². The Morgan fingerprint density at radius 2 is 1.50 bits per heavy atom. The zero-order valence-electron chi connectivity index (χ0n) is 15.2. The summed E-state index contributed by atoms with van der Waals surface area (Å²) in [5.74, 6) is -2.57. The van der Waals surface area contributed by atoms with Crippen LogP contribution in [0, 0.1) is 5.82 Å². The van der Waals surface area contributed by atoms with Crippen molar-refractivity contribution < 1.29 is 18.7 Å².